The molecule has 1 aromatic rings. The Bertz CT molecular complexity index is 601. The number of hydrogen-bond donors (Lipinski definition) is 2. The fraction of sp³-hybridized carbons (Fsp3) is 0.438. The number of amides is 4. The lowest BCUT2D eigenvalue weighted by atomic mass is 9.81. The number of hydrogen-bond acceptors (Lipinski definition) is 5. The second-order valence-electron chi connectivity index (χ2n) is 6.38. The van der Waals surface area contributed by atoms with Crippen LogP contribution >= 0.6 is 0 Å². The van der Waals surface area contributed by atoms with Crippen LogP contribution < -0.4 is 10.6 Å². The molecule has 124 valence electrons. The highest BCUT2D eigenvalue weighted by molar-refractivity contribution is 6.22. The van der Waals surface area contributed by atoms with E-state index in [2.05, 4.69) is 10.6 Å². The van der Waals surface area contributed by atoms with Crippen LogP contribution in [0.1, 0.15) is 39.2 Å². The Balaban J connectivity index is 2.44. The van der Waals surface area contributed by atoms with Crippen LogP contribution in [0.15, 0.2) is 30.3 Å². The first-order valence-corrected chi connectivity index (χ1v) is 7.25. The minimum absolute atomic E-state index is 0.681. The Morgan fingerprint density at radius 1 is 1.00 bits per heavy atom. The van der Waals surface area contributed by atoms with E-state index in [1.807, 2.05) is 6.07 Å². The van der Waals surface area contributed by atoms with E-state index >= 15 is 0 Å². The summed E-state index contributed by atoms with van der Waals surface area (Å²) in [7, 11) is 0. The second kappa shape index (κ2) is 6.10. The van der Waals surface area contributed by atoms with Crippen molar-refractivity contribution in [3.63, 3.8) is 0 Å². The maximum atomic E-state index is 12.5. The lowest BCUT2D eigenvalue weighted by molar-refractivity contribution is -0.387. The van der Waals surface area contributed by atoms with Crippen LogP contribution in [-0.4, -0.2) is 29.0 Å². The van der Waals surface area contributed by atoms with Gasteiger partial charge >= 0.3 is 6.03 Å². The molecule has 1 heterocycles. The number of rotatable bonds is 4. The van der Waals surface area contributed by atoms with Crippen LogP contribution in [0.25, 0.3) is 0 Å². The van der Waals surface area contributed by atoms with Crippen molar-refractivity contribution in [3.8, 4) is 0 Å². The van der Waals surface area contributed by atoms with Crippen molar-refractivity contribution < 1.29 is 24.2 Å². The molecule has 23 heavy (non-hydrogen) atoms. The van der Waals surface area contributed by atoms with Gasteiger partial charge in [-0.3, -0.25) is 20.2 Å². The molecule has 1 aliphatic heterocycles. The molecule has 2 rings (SSSR count). The number of nitrogens with one attached hydrogen (secondary N) is 2. The lowest BCUT2D eigenvalue weighted by Gasteiger charge is -2.38. The standard InChI is InChI=1S/C16H20N2O5/c1-10(11-8-6-5-7-9-11)16(23-22-15(2,3)4)12(19)17-14(21)18-13(16)20/h5-10H,1-4H3,(H2,17,18,19,20,21). The first kappa shape index (κ1) is 17.1. The van der Waals surface area contributed by atoms with Crippen LogP contribution in [0.5, 0.6) is 0 Å². The molecule has 0 spiro atoms. The van der Waals surface area contributed by atoms with Gasteiger partial charge in [-0.15, -0.1) is 0 Å². The van der Waals surface area contributed by atoms with Crippen molar-refractivity contribution >= 4 is 17.8 Å². The third kappa shape index (κ3) is 3.40. The third-order valence-corrected chi connectivity index (χ3v) is 3.46. The predicted molar refractivity (Wildman–Crippen MR) is 81.2 cm³/mol. The molecule has 1 atom stereocenters. The molecule has 7 heteroatoms. The SMILES string of the molecule is CC(c1ccccc1)C1(OOC(C)(C)C)C(=O)NC(=O)NC1=O. The third-order valence-electron chi connectivity index (χ3n) is 3.46. The molecular weight excluding hydrogens is 300 g/mol. The molecule has 7 nitrogen and oxygen atoms in total. The van der Waals surface area contributed by atoms with Gasteiger partial charge in [0.05, 0.1) is 5.60 Å². The van der Waals surface area contributed by atoms with Gasteiger partial charge in [-0.1, -0.05) is 37.3 Å². The largest absolute Gasteiger partial charge is 0.328 e. The van der Waals surface area contributed by atoms with Crippen molar-refractivity contribution in [2.24, 2.45) is 0 Å². The Morgan fingerprint density at radius 3 is 2.00 bits per heavy atom. The number of barbiturate groups is 1. The minimum Gasteiger partial charge on any atom is -0.275 e. The van der Waals surface area contributed by atoms with Crippen LogP contribution in [0.2, 0.25) is 0 Å². The zero-order valence-electron chi connectivity index (χ0n) is 13.5. The zero-order chi connectivity index (χ0) is 17.3. The average molecular weight is 320 g/mol. The molecule has 1 aromatic carbocycles. The Hall–Kier alpha value is -2.25. The van der Waals surface area contributed by atoms with Gasteiger partial charge < -0.3 is 0 Å². The highest BCUT2D eigenvalue weighted by Crippen LogP contribution is 2.34. The highest BCUT2D eigenvalue weighted by Gasteiger charge is 2.58. The average Bonchev–Trinajstić information content (AvgIpc) is 2.46. The van der Waals surface area contributed by atoms with Crippen molar-refractivity contribution in [2.75, 3.05) is 0 Å². The Labute approximate surface area is 134 Å². The van der Waals surface area contributed by atoms with Crippen LogP contribution in [0, 0.1) is 0 Å². The summed E-state index contributed by atoms with van der Waals surface area (Å²) < 4.78 is 0. The highest BCUT2D eigenvalue weighted by atomic mass is 17.2. The molecule has 0 radical (unpaired) electrons. The molecule has 1 unspecified atom stereocenters. The minimum atomic E-state index is -2.00. The van der Waals surface area contributed by atoms with E-state index in [1.54, 1.807) is 52.0 Å². The molecule has 0 bridgehead atoms. The van der Waals surface area contributed by atoms with E-state index in [4.69, 9.17) is 9.78 Å². The fourth-order valence-electron chi connectivity index (χ4n) is 2.23. The zero-order valence-corrected chi connectivity index (χ0v) is 13.5. The number of benzene rings is 1. The molecule has 1 aliphatic rings. The van der Waals surface area contributed by atoms with Crippen molar-refractivity contribution in [1.82, 2.24) is 10.6 Å². The quantitative estimate of drug-likeness (QED) is 0.500. The molecule has 1 saturated heterocycles. The maximum Gasteiger partial charge on any atom is 0.328 e. The molecule has 2 N–H and O–H groups in total. The first-order chi connectivity index (χ1) is 10.7. The molecule has 0 saturated carbocycles. The van der Waals surface area contributed by atoms with Gasteiger partial charge in [0.25, 0.3) is 17.4 Å². The summed E-state index contributed by atoms with van der Waals surface area (Å²) in [6.07, 6.45) is 0. The smallest absolute Gasteiger partial charge is 0.275 e. The van der Waals surface area contributed by atoms with Gasteiger partial charge in [0.1, 0.15) is 0 Å². The second-order valence-corrected chi connectivity index (χ2v) is 6.38. The summed E-state index contributed by atoms with van der Waals surface area (Å²) in [6.45, 7) is 6.82. The van der Waals surface area contributed by atoms with Crippen molar-refractivity contribution in [1.29, 1.82) is 0 Å². The summed E-state index contributed by atoms with van der Waals surface area (Å²) in [5.41, 5.74) is -2.04. The summed E-state index contributed by atoms with van der Waals surface area (Å²) in [5.74, 6) is -2.39. The maximum absolute atomic E-state index is 12.5. The van der Waals surface area contributed by atoms with Crippen molar-refractivity contribution in [2.45, 2.75) is 44.8 Å². The number of imide groups is 2. The van der Waals surface area contributed by atoms with Crippen LogP contribution in [-0.2, 0) is 19.4 Å². The van der Waals surface area contributed by atoms with Crippen molar-refractivity contribution in [3.05, 3.63) is 35.9 Å². The van der Waals surface area contributed by atoms with Gasteiger partial charge in [-0.05, 0) is 26.3 Å². The Morgan fingerprint density at radius 2 is 1.52 bits per heavy atom. The summed E-state index contributed by atoms with van der Waals surface area (Å²) in [4.78, 5) is 46.9. The molecule has 4 amide bonds. The Kier molecular flexibility index (Phi) is 4.53. The van der Waals surface area contributed by atoms with Gasteiger partial charge in [-0.25, -0.2) is 14.6 Å². The molecule has 1 fully saturated rings. The van der Waals surface area contributed by atoms with E-state index in [9.17, 15) is 14.4 Å². The summed E-state index contributed by atoms with van der Waals surface area (Å²) in [6, 6.07) is 8.05. The van der Waals surface area contributed by atoms with E-state index in [1.165, 1.54) is 0 Å². The van der Waals surface area contributed by atoms with E-state index in [0.717, 1.165) is 0 Å². The van der Waals surface area contributed by atoms with E-state index in [-0.39, 0.29) is 0 Å². The summed E-state index contributed by atoms with van der Waals surface area (Å²) >= 11 is 0. The van der Waals surface area contributed by atoms with Gasteiger partial charge in [0.2, 0.25) is 0 Å². The topological polar surface area (TPSA) is 93.7 Å². The van der Waals surface area contributed by atoms with Crippen LogP contribution in [0.3, 0.4) is 0 Å². The number of urea groups is 1. The van der Waals surface area contributed by atoms with E-state index < -0.39 is 35.0 Å². The fourth-order valence-corrected chi connectivity index (χ4v) is 2.23. The normalized spacial score (nSPS) is 19.0. The number of carbonyl (C=O) groups excluding carboxylic acids is 3. The predicted octanol–water partition coefficient (Wildman–Crippen LogP) is 1.64. The monoisotopic (exact) mass is 320 g/mol. The lowest BCUT2D eigenvalue weighted by Crippen LogP contribution is -2.69. The van der Waals surface area contributed by atoms with Gasteiger partial charge in [0.15, 0.2) is 0 Å². The van der Waals surface area contributed by atoms with Gasteiger partial charge in [0, 0.05) is 5.92 Å². The van der Waals surface area contributed by atoms with Gasteiger partial charge in [-0.2, -0.15) is 0 Å². The molecule has 0 aromatic heterocycles. The first-order valence-electron chi connectivity index (χ1n) is 7.25. The molecule has 0 aliphatic carbocycles. The van der Waals surface area contributed by atoms with Crippen LogP contribution in [0.4, 0.5) is 4.79 Å². The summed E-state index contributed by atoms with van der Waals surface area (Å²) in [5, 5.41) is 4.15. The molecular formula is C16H20N2O5. The number of carbonyl (C=O) groups is 3. The van der Waals surface area contributed by atoms with E-state index in [0.29, 0.717) is 5.56 Å².